The van der Waals surface area contributed by atoms with Gasteiger partial charge in [-0.25, -0.2) is 0 Å². The van der Waals surface area contributed by atoms with E-state index in [0.717, 1.165) is 36.8 Å². The number of hydrogen-bond donors (Lipinski definition) is 2. The second-order valence-corrected chi connectivity index (χ2v) is 6.49. The molecule has 3 N–H and O–H groups in total. The Morgan fingerprint density at radius 1 is 1.09 bits per heavy atom. The van der Waals surface area contributed by atoms with Crippen LogP contribution in [0.5, 0.6) is 0 Å². The summed E-state index contributed by atoms with van der Waals surface area (Å²) in [6, 6.07) is 9.84. The van der Waals surface area contributed by atoms with Gasteiger partial charge < -0.3 is 11.1 Å². The zero-order valence-electron chi connectivity index (χ0n) is 12.8. The van der Waals surface area contributed by atoms with Crippen molar-refractivity contribution in [2.45, 2.75) is 37.8 Å². The highest BCUT2D eigenvalue weighted by molar-refractivity contribution is 6.30. The molecule has 0 radical (unpaired) electrons. The number of nitrogens with one attached hydrogen (secondary N) is 1. The molecule has 1 aliphatic rings. The highest BCUT2D eigenvalue weighted by atomic mass is 35.5. The van der Waals surface area contributed by atoms with E-state index in [2.05, 4.69) is 10.3 Å². The van der Waals surface area contributed by atoms with Crippen LogP contribution in [0, 0.1) is 0 Å². The van der Waals surface area contributed by atoms with Crippen molar-refractivity contribution < 1.29 is 4.79 Å². The predicted octanol–water partition coefficient (Wildman–Crippen LogP) is 3.40. The van der Waals surface area contributed by atoms with Gasteiger partial charge in [0.05, 0.1) is 5.56 Å². The Morgan fingerprint density at radius 3 is 2.48 bits per heavy atom. The molecule has 120 valence electrons. The Hall–Kier alpha value is -1.91. The number of rotatable bonds is 3. The lowest BCUT2D eigenvalue weighted by Gasteiger charge is -2.26. The molecule has 1 saturated carbocycles. The molecule has 0 unspecified atom stereocenters. The maximum Gasteiger partial charge on any atom is 0.253 e. The van der Waals surface area contributed by atoms with E-state index in [0.29, 0.717) is 10.6 Å². The molecular formula is C18H20ClN3O. The van der Waals surface area contributed by atoms with Gasteiger partial charge in [-0.15, -0.1) is 0 Å². The Balaban J connectivity index is 1.71. The van der Waals surface area contributed by atoms with E-state index in [-0.39, 0.29) is 18.0 Å². The van der Waals surface area contributed by atoms with E-state index >= 15 is 0 Å². The van der Waals surface area contributed by atoms with E-state index in [4.69, 9.17) is 17.3 Å². The fourth-order valence-corrected chi connectivity index (χ4v) is 3.02. The average molecular weight is 330 g/mol. The quantitative estimate of drug-likeness (QED) is 0.906. The van der Waals surface area contributed by atoms with Gasteiger partial charge in [-0.05, 0) is 49.4 Å². The second kappa shape index (κ2) is 7.11. The molecule has 2 aromatic rings. The number of carbonyl (C=O) groups is 1. The van der Waals surface area contributed by atoms with Crippen molar-refractivity contribution in [3.63, 3.8) is 0 Å². The zero-order valence-corrected chi connectivity index (χ0v) is 13.6. The fraction of sp³-hybridized carbons (Fsp3) is 0.333. The molecule has 1 amide bonds. The molecule has 0 spiro atoms. The second-order valence-electron chi connectivity index (χ2n) is 6.05. The van der Waals surface area contributed by atoms with Crippen molar-refractivity contribution in [1.82, 2.24) is 10.3 Å². The van der Waals surface area contributed by atoms with Gasteiger partial charge in [0.15, 0.2) is 0 Å². The fourth-order valence-electron chi connectivity index (χ4n) is 2.90. The van der Waals surface area contributed by atoms with Crippen LogP contribution in [0.4, 0.5) is 0 Å². The van der Waals surface area contributed by atoms with Crippen LogP contribution in [0.3, 0.4) is 0 Å². The van der Waals surface area contributed by atoms with Gasteiger partial charge in [0, 0.05) is 35.1 Å². The Labute approximate surface area is 141 Å². The van der Waals surface area contributed by atoms with Crippen molar-refractivity contribution in [2.24, 2.45) is 5.73 Å². The van der Waals surface area contributed by atoms with Crippen LogP contribution < -0.4 is 11.1 Å². The number of aromatic nitrogens is 1. The molecule has 5 heteroatoms. The zero-order chi connectivity index (χ0) is 16.2. The lowest BCUT2D eigenvalue weighted by atomic mass is 9.91. The van der Waals surface area contributed by atoms with Crippen LogP contribution in [0.15, 0.2) is 42.7 Å². The van der Waals surface area contributed by atoms with Gasteiger partial charge in [0.2, 0.25) is 0 Å². The minimum Gasteiger partial charge on any atom is -0.349 e. The molecule has 0 aliphatic heterocycles. The molecule has 1 aliphatic carbocycles. The van der Waals surface area contributed by atoms with Crippen molar-refractivity contribution in [3.05, 3.63) is 53.3 Å². The van der Waals surface area contributed by atoms with E-state index < -0.39 is 0 Å². The first kappa shape index (κ1) is 16.0. The summed E-state index contributed by atoms with van der Waals surface area (Å²) in [7, 11) is 0. The number of nitrogens with zero attached hydrogens (tertiary/aromatic N) is 1. The highest BCUT2D eigenvalue weighted by Crippen LogP contribution is 2.22. The maximum absolute atomic E-state index is 12.4. The molecule has 1 heterocycles. The Morgan fingerprint density at radius 2 is 1.78 bits per heavy atom. The molecule has 0 bridgehead atoms. The SMILES string of the molecule is NC1CCC(NC(=O)c2cncc(-c3ccc(Cl)cc3)c2)CC1. The smallest absolute Gasteiger partial charge is 0.253 e. The third-order valence-electron chi connectivity index (χ3n) is 4.29. The van der Waals surface area contributed by atoms with Crippen LogP contribution in [0.1, 0.15) is 36.0 Å². The predicted molar refractivity (Wildman–Crippen MR) is 92.4 cm³/mol. The molecular weight excluding hydrogens is 310 g/mol. The van der Waals surface area contributed by atoms with Gasteiger partial charge in [-0.1, -0.05) is 23.7 Å². The standard InChI is InChI=1S/C18H20ClN3O/c19-15-3-1-12(2-4-15)13-9-14(11-21-10-13)18(23)22-17-7-5-16(20)6-8-17/h1-4,9-11,16-17H,5-8,20H2,(H,22,23). The van der Waals surface area contributed by atoms with Crippen molar-refractivity contribution >= 4 is 17.5 Å². The topological polar surface area (TPSA) is 68.0 Å². The molecule has 1 fully saturated rings. The molecule has 23 heavy (non-hydrogen) atoms. The summed E-state index contributed by atoms with van der Waals surface area (Å²) < 4.78 is 0. The van der Waals surface area contributed by atoms with Crippen LogP contribution >= 0.6 is 11.6 Å². The first-order valence-corrected chi connectivity index (χ1v) is 8.27. The molecule has 1 aromatic carbocycles. The minimum absolute atomic E-state index is 0.0752. The van der Waals surface area contributed by atoms with Crippen LogP contribution in [0.2, 0.25) is 5.02 Å². The summed E-state index contributed by atoms with van der Waals surface area (Å²) in [5.41, 5.74) is 8.37. The van der Waals surface area contributed by atoms with Crippen LogP contribution in [0.25, 0.3) is 11.1 Å². The molecule has 0 atom stereocenters. The number of carbonyl (C=O) groups excluding carboxylic acids is 1. The number of nitrogens with two attached hydrogens (primary N) is 1. The lowest BCUT2D eigenvalue weighted by Crippen LogP contribution is -2.40. The summed E-state index contributed by atoms with van der Waals surface area (Å²) in [4.78, 5) is 16.6. The van der Waals surface area contributed by atoms with Crippen LogP contribution in [-0.4, -0.2) is 23.0 Å². The van der Waals surface area contributed by atoms with Gasteiger partial charge in [0.1, 0.15) is 0 Å². The summed E-state index contributed by atoms with van der Waals surface area (Å²) in [6.07, 6.45) is 7.17. The molecule has 4 nitrogen and oxygen atoms in total. The summed E-state index contributed by atoms with van der Waals surface area (Å²) in [5.74, 6) is -0.0752. The number of halogens is 1. The summed E-state index contributed by atoms with van der Waals surface area (Å²) >= 11 is 5.91. The van der Waals surface area contributed by atoms with Crippen molar-refractivity contribution in [3.8, 4) is 11.1 Å². The van der Waals surface area contributed by atoms with Gasteiger partial charge in [-0.2, -0.15) is 0 Å². The highest BCUT2D eigenvalue weighted by Gasteiger charge is 2.20. The molecule has 0 saturated heterocycles. The normalized spacial score (nSPS) is 21.0. The van der Waals surface area contributed by atoms with E-state index in [1.54, 1.807) is 12.4 Å². The largest absolute Gasteiger partial charge is 0.349 e. The number of hydrogen-bond acceptors (Lipinski definition) is 3. The summed E-state index contributed by atoms with van der Waals surface area (Å²) in [5, 5.41) is 3.77. The lowest BCUT2D eigenvalue weighted by molar-refractivity contribution is 0.0925. The van der Waals surface area contributed by atoms with Crippen molar-refractivity contribution in [1.29, 1.82) is 0 Å². The number of pyridine rings is 1. The monoisotopic (exact) mass is 329 g/mol. The Bertz CT molecular complexity index is 679. The van der Waals surface area contributed by atoms with Gasteiger partial charge in [-0.3, -0.25) is 9.78 Å². The number of amides is 1. The average Bonchev–Trinajstić information content (AvgIpc) is 2.58. The third kappa shape index (κ3) is 4.09. The van der Waals surface area contributed by atoms with E-state index in [1.165, 1.54) is 0 Å². The maximum atomic E-state index is 12.4. The number of benzene rings is 1. The Kier molecular flexibility index (Phi) is 4.94. The third-order valence-corrected chi connectivity index (χ3v) is 4.54. The van der Waals surface area contributed by atoms with E-state index in [1.807, 2.05) is 30.3 Å². The molecule has 1 aromatic heterocycles. The first-order chi connectivity index (χ1) is 11.1. The van der Waals surface area contributed by atoms with Gasteiger partial charge in [0.25, 0.3) is 5.91 Å². The van der Waals surface area contributed by atoms with E-state index in [9.17, 15) is 4.79 Å². The van der Waals surface area contributed by atoms with Crippen LogP contribution in [-0.2, 0) is 0 Å². The van der Waals surface area contributed by atoms with Gasteiger partial charge >= 0.3 is 0 Å². The first-order valence-electron chi connectivity index (χ1n) is 7.89. The molecule has 3 rings (SSSR count). The summed E-state index contributed by atoms with van der Waals surface area (Å²) in [6.45, 7) is 0. The van der Waals surface area contributed by atoms with Crippen molar-refractivity contribution in [2.75, 3.05) is 0 Å². The minimum atomic E-state index is -0.0752.